The molecule has 3 rings (SSSR count). The number of nitrogens with one attached hydrogen (secondary N) is 2. The number of fused-ring (bicyclic) bond motifs is 1. The second-order valence-corrected chi connectivity index (χ2v) is 5.00. The molecule has 0 aliphatic heterocycles. The predicted molar refractivity (Wildman–Crippen MR) is 84.0 cm³/mol. The first-order valence-corrected chi connectivity index (χ1v) is 7.13. The van der Waals surface area contributed by atoms with Crippen LogP contribution in [0, 0.1) is 0 Å². The highest BCUT2D eigenvalue weighted by Gasteiger charge is 1.98. The minimum Gasteiger partial charge on any atom is -0.370 e. The normalized spacial score (nSPS) is 10.8. The zero-order chi connectivity index (χ0) is 13.6. The van der Waals surface area contributed by atoms with Gasteiger partial charge in [-0.2, -0.15) is 0 Å². The van der Waals surface area contributed by atoms with E-state index in [-0.39, 0.29) is 0 Å². The average Bonchev–Trinajstić information content (AvgIpc) is 2.95. The summed E-state index contributed by atoms with van der Waals surface area (Å²) in [7, 11) is 0. The van der Waals surface area contributed by atoms with E-state index in [1.165, 1.54) is 22.9 Å². The molecule has 0 aliphatic carbocycles. The van der Waals surface area contributed by atoms with Crippen LogP contribution in [0.3, 0.4) is 0 Å². The minimum atomic E-state index is 0.959. The van der Waals surface area contributed by atoms with E-state index in [1.54, 1.807) is 0 Å². The van der Waals surface area contributed by atoms with E-state index in [0.29, 0.717) is 0 Å². The third-order valence-corrected chi connectivity index (χ3v) is 3.48. The summed E-state index contributed by atoms with van der Waals surface area (Å²) in [4.78, 5) is 7.47. The van der Waals surface area contributed by atoms with Gasteiger partial charge in [-0.15, -0.1) is 0 Å². The van der Waals surface area contributed by atoms with Crippen molar-refractivity contribution < 1.29 is 0 Å². The molecule has 1 aromatic carbocycles. The summed E-state index contributed by atoms with van der Waals surface area (Å²) in [6.45, 7) is 0.976. The molecular formula is C17H19N3. The summed E-state index contributed by atoms with van der Waals surface area (Å²) in [6.07, 6.45) is 7.28. The summed E-state index contributed by atoms with van der Waals surface area (Å²) in [5, 5.41) is 4.64. The van der Waals surface area contributed by atoms with Gasteiger partial charge >= 0.3 is 0 Å². The number of nitrogens with zero attached hydrogens (tertiary/aromatic N) is 1. The molecule has 0 atom stereocenters. The Hall–Kier alpha value is -2.29. The standard InChI is InChI=1S/C17H19N3/c1(3-10-19-17-6-2-4-11-20-17)5-14-7-8-16-15(13-14)9-12-18-16/h2,4,6-9,11-13,18H,1,3,5,10H2,(H,19,20). The van der Waals surface area contributed by atoms with Crippen LogP contribution in [0.4, 0.5) is 5.82 Å². The Balaban J connectivity index is 1.43. The van der Waals surface area contributed by atoms with E-state index in [1.807, 2.05) is 30.6 Å². The number of hydrogen-bond donors (Lipinski definition) is 2. The van der Waals surface area contributed by atoms with E-state index in [0.717, 1.165) is 25.2 Å². The van der Waals surface area contributed by atoms with Gasteiger partial charge in [-0.1, -0.05) is 12.1 Å². The van der Waals surface area contributed by atoms with Crippen LogP contribution in [-0.4, -0.2) is 16.5 Å². The molecule has 3 nitrogen and oxygen atoms in total. The van der Waals surface area contributed by atoms with E-state index >= 15 is 0 Å². The summed E-state index contributed by atoms with van der Waals surface area (Å²) < 4.78 is 0. The molecule has 0 bridgehead atoms. The largest absolute Gasteiger partial charge is 0.370 e. The molecule has 0 saturated heterocycles. The van der Waals surface area contributed by atoms with Crippen molar-refractivity contribution in [3.05, 3.63) is 60.4 Å². The summed E-state index contributed by atoms with van der Waals surface area (Å²) in [6, 6.07) is 14.7. The third-order valence-electron chi connectivity index (χ3n) is 3.48. The van der Waals surface area contributed by atoms with Gasteiger partial charge in [0.25, 0.3) is 0 Å². The Kier molecular flexibility index (Phi) is 3.97. The monoisotopic (exact) mass is 265 g/mol. The van der Waals surface area contributed by atoms with Crippen LogP contribution in [0.15, 0.2) is 54.9 Å². The molecule has 2 aromatic heterocycles. The van der Waals surface area contributed by atoms with Crippen LogP contribution in [0.5, 0.6) is 0 Å². The van der Waals surface area contributed by atoms with Gasteiger partial charge in [0.05, 0.1) is 0 Å². The lowest BCUT2D eigenvalue weighted by Gasteiger charge is -2.05. The third kappa shape index (κ3) is 3.18. The van der Waals surface area contributed by atoms with Crippen LogP contribution >= 0.6 is 0 Å². The molecular weight excluding hydrogens is 246 g/mol. The van der Waals surface area contributed by atoms with Gasteiger partial charge in [-0.25, -0.2) is 4.98 Å². The molecule has 0 radical (unpaired) electrons. The lowest BCUT2D eigenvalue weighted by molar-refractivity contribution is 0.762. The second kappa shape index (κ2) is 6.24. The maximum Gasteiger partial charge on any atom is 0.125 e. The van der Waals surface area contributed by atoms with Crippen molar-refractivity contribution in [1.29, 1.82) is 0 Å². The molecule has 0 unspecified atom stereocenters. The van der Waals surface area contributed by atoms with Crippen molar-refractivity contribution in [2.24, 2.45) is 0 Å². The van der Waals surface area contributed by atoms with Crippen molar-refractivity contribution in [1.82, 2.24) is 9.97 Å². The number of aryl methyl sites for hydroxylation is 1. The number of rotatable bonds is 6. The Labute approximate surface area is 119 Å². The predicted octanol–water partition coefficient (Wildman–Crippen LogP) is 4.00. The van der Waals surface area contributed by atoms with Gasteiger partial charge in [-0.05, 0) is 60.5 Å². The van der Waals surface area contributed by atoms with Crippen molar-refractivity contribution in [2.45, 2.75) is 19.3 Å². The van der Waals surface area contributed by atoms with Gasteiger partial charge in [-0.3, -0.25) is 0 Å². The quantitative estimate of drug-likeness (QED) is 0.661. The number of aromatic nitrogens is 2. The van der Waals surface area contributed by atoms with Crippen LogP contribution in [0.2, 0.25) is 0 Å². The number of H-pyrrole nitrogens is 1. The highest BCUT2D eigenvalue weighted by Crippen LogP contribution is 2.15. The first-order valence-electron chi connectivity index (χ1n) is 7.13. The van der Waals surface area contributed by atoms with Crippen molar-refractivity contribution >= 4 is 16.7 Å². The molecule has 0 fully saturated rings. The topological polar surface area (TPSA) is 40.7 Å². The summed E-state index contributed by atoms with van der Waals surface area (Å²) in [5.41, 5.74) is 2.63. The Bertz CT molecular complexity index is 658. The van der Waals surface area contributed by atoms with Crippen molar-refractivity contribution in [3.8, 4) is 0 Å². The highest BCUT2D eigenvalue weighted by atomic mass is 15.0. The number of unbranched alkanes of at least 4 members (excludes halogenated alkanes) is 1. The van der Waals surface area contributed by atoms with Crippen molar-refractivity contribution in [3.63, 3.8) is 0 Å². The Morgan fingerprint density at radius 2 is 2.05 bits per heavy atom. The number of aromatic amines is 1. The molecule has 102 valence electrons. The maximum atomic E-state index is 4.25. The Morgan fingerprint density at radius 1 is 1.05 bits per heavy atom. The van der Waals surface area contributed by atoms with E-state index in [2.05, 4.69) is 39.6 Å². The fourth-order valence-electron chi connectivity index (χ4n) is 2.40. The van der Waals surface area contributed by atoms with E-state index in [4.69, 9.17) is 0 Å². The van der Waals surface area contributed by atoms with Gasteiger partial charge in [0, 0.05) is 24.5 Å². The maximum absolute atomic E-state index is 4.25. The van der Waals surface area contributed by atoms with E-state index in [9.17, 15) is 0 Å². The second-order valence-electron chi connectivity index (χ2n) is 5.00. The van der Waals surface area contributed by atoms with Gasteiger partial charge in [0.2, 0.25) is 0 Å². The highest BCUT2D eigenvalue weighted by molar-refractivity contribution is 5.79. The molecule has 0 aliphatic rings. The molecule has 2 heterocycles. The summed E-state index contributed by atoms with van der Waals surface area (Å²) >= 11 is 0. The smallest absolute Gasteiger partial charge is 0.125 e. The fourth-order valence-corrected chi connectivity index (χ4v) is 2.40. The lowest BCUT2D eigenvalue weighted by atomic mass is 10.1. The first kappa shape index (κ1) is 12.7. The van der Waals surface area contributed by atoms with Crippen LogP contribution in [0.25, 0.3) is 10.9 Å². The molecule has 0 spiro atoms. The molecule has 2 N–H and O–H groups in total. The average molecular weight is 265 g/mol. The van der Waals surface area contributed by atoms with Gasteiger partial charge in [0.1, 0.15) is 5.82 Å². The van der Waals surface area contributed by atoms with Crippen LogP contribution in [-0.2, 0) is 6.42 Å². The van der Waals surface area contributed by atoms with Crippen LogP contribution < -0.4 is 5.32 Å². The fraction of sp³-hybridized carbons (Fsp3) is 0.235. The van der Waals surface area contributed by atoms with Crippen LogP contribution in [0.1, 0.15) is 18.4 Å². The minimum absolute atomic E-state index is 0.959. The van der Waals surface area contributed by atoms with Gasteiger partial charge in [0.15, 0.2) is 0 Å². The van der Waals surface area contributed by atoms with Gasteiger partial charge < -0.3 is 10.3 Å². The molecule has 3 aromatic rings. The SMILES string of the molecule is c1ccc(NCCCCc2ccc3[nH]ccc3c2)nc1. The van der Waals surface area contributed by atoms with Crippen molar-refractivity contribution in [2.75, 3.05) is 11.9 Å². The number of anilines is 1. The molecule has 0 saturated carbocycles. The molecule has 20 heavy (non-hydrogen) atoms. The number of hydrogen-bond acceptors (Lipinski definition) is 2. The zero-order valence-corrected chi connectivity index (χ0v) is 11.5. The molecule has 3 heteroatoms. The Morgan fingerprint density at radius 3 is 2.95 bits per heavy atom. The summed E-state index contributed by atoms with van der Waals surface area (Å²) in [5.74, 6) is 0.959. The lowest BCUT2D eigenvalue weighted by Crippen LogP contribution is -2.03. The number of benzene rings is 1. The van der Waals surface area contributed by atoms with E-state index < -0.39 is 0 Å². The molecule has 0 amide bonds. The first-order chi connectivity index (χ1) is 9.92. The zero-order valence-electron chi connectivity index (χ0n) is 11.5. The number of pyridine rings is 1.